The summed E-state index contributed by atoms with van der Waals surface area (Å²) in [6.45, 7) is 12.5. The van der Waals surface area contributed by atoms with Gasteiger partial charge in [0.05, 0.1) is 0 Å². The average molecular weight is 623 g/mol. The van der Waals surface area contributed by atoms with Gasteiger partial charge in [0.15, 0.2) is 0 Å². The number of ether oxygens (including phenoxy) is 1. The number of carboxylic acids is 1. The molecule has 0 bridgehead atoms. The van der Waals surface area contributed by atoms with E-state index in [0.29, 0.717) is 18.6 Å². The van der Waals surface area contributed by atoms with Crippen LogP contribution in [0.25, 0.3) is 0 Å². The molecule has 0 spiro atoms. The molecule has 12 heteroatoms. The highest BCUT2D eigenvalue weighted by atomic mass is 32.2. The Balaban J connectivity index is 3.23. The molecule has 0 aliphatic rings. The Morgan fingerprint density at radius 3 is 1.95 bits per heavy atom. The molecule has 0 aliphatic heterocycles. The quantitative estimate of drug-likeness (QED) is 0.176. The van der Waals surface area contributed by atoms with Gasteiger partial charge in [-0.1, -0.05) is 64.4 Å². The van der Waals surface area contributed by atoms with Gasteiger partial charge in [-0.2, -0.15) is 11.8 Å². The van der Waals surface area contributed by atoms with Crippen LogP contribution in [-0.4, -0.2) is 76.7 Å². The van der Waals surface area contributed by atoms with Crippen LogP contribution in [0.2, 0.25) is 0 Å². The molecule has 0 radical (unpaired) electrons. The molecule has 1 aromatic carbocycles. The van der Waals surface area contributed by atoms with Crippen molar-refractivity contribution in [3.8, 4) is 0 Å². The molecule has 5 N–H and O–H groups in total. The van der Waals surface area contributed by atoms with Gasteiger partial charge in [0.25, 0.3) is 0 Å². The van der Waals surface area contributed by atoms with E-state index in [4.69, 9.17) is 4.74 Å². The Hall–Kier alpha value is -3.28. The molecule has 242 valence electrons. The van der Waals surface area contributed by atoms with Crippen molar-refractivity contribution in [2.75, 3.05) is 12.0 Å². The number of nitrogens with one attached hydrogen (secondary N) is 4. The predicted octanol–water partition coefficient (Wildman–Crippen LogP) is 3.51. The molecule has 0 heterocycles. The normalized spacial score (nSPS) is 14.9. The van der Waals surface area contributed by atoms with Gasteiger partial charge in [0, 0.05) is 6.42 Å². The standard InChI is InChI=1S/C31H50N4O7S/c1-9-20(4)25(35-26(36)22(15-16-43-8)34-30(41)42-31(5,6)7)28(38)32-23(18-21-13-11-10-12-14-21)27(37)33-24(29(39)40)17-19(2)3/h10-14,19-20,22-25H,9,15-18H2,1-8H3,(H,32,38)(H,33,37)(H,34,41)(H,35,36)(H,39,40)/t20-,22-,23-,24-,25-/m0/s1. The van der Waals surface area contributed by atoms with Gasteiger partial charge in [-0.3, -0.25) is 14.4 Å². The zero-order valence-electron chi connectivity index (χ0n) is 26.7. The smallest absolute Gasteiger partial charge is 0.408 e. The number of amides is 4. The van der Waals surface area contributed by atoms with Crippen LogP contribution in [0.3, 0.4) is 0 Å². The fourth-order valence-corrected chi connectivity index (χ4v) is 4.67. The number of hydrogen-bond acceptors (Lipinski definition) is 7. The Bertz CT molecular complexity index is 1060. The summed E-state index contributed by atoms with van der Waals surface area (Å²) < 4.78 is 5.32. The third-order valence-electron chi connectivity index (χ3n) is 6.65. The second kappa shape index (κ2) is 18.4. The van der Waals surface area contributed by atoms with Gasteiger partial charge in [0.1, 0.15) is 29.8 Å². The molecule has 5 atom stereocenters. The van der Waals surface area contributed by atoms with Crippen molar-refractivity contribution in [2.45, 2.75) is 104 Å². The van der Waals surface area contributed by atoms with E-state index in [2.05, 4.69) is 21.3 Å². The van der Waals surface area contributed by atoms with Gasteiger partial charge in [-0.05, 0) is 63.0 Å². The molecule has 0 saturated carbocycles. The Kier molecular flexibility index (Phi) is 16.2. The van der Waals surface area contributed by atoms with E-state index in [1.165, 1.54) is 11.8 Å². The molecule has 43 heavy (non-hydrogen) atoms. The van der Waals surface area contributed by atoms with Gasteiger partial charge >= 0.3 is 12.1 Å². The lowest BCUT2D eigenvalue weighted by molar-refractivity contribution is -0.142. The van der Waals surface area contributed by atoms with Crippen molar-refractivity contribution in [3.05, 3.63) is 35.9 Å². The summed E-state index contributed by atoms with van der Waals surface area (Å²) in [4.78, 5) is 64.8. The Morgan fingerprint density at radius 1 is 0.860 bits per heavy atom. The number of alkyl carbamates (subject to hydrolysis) is 1. The van der Waals surface area contributed by atoms with Gasteiger partial charge in [-0.15, -0.1) is 0 Å². The molecular formula is C31H50N4O7S. The molecule has 0 unspecified atom stereocenters. The van der Waals surface area contributed by atoms with E-state index in [1.54, 1.807) is 39.8 Å². The zero-order valence-corrected chi connectivity index (χ0v) is 27.5. The Morgan fingerprint density at radius 2 is 1.44 bits per heavy atom. The summed E-state index contributed by atoms with van der Waals surface area (Å²) in [6.07, 6.45) is 2.33. The van der Waals surface area contributed by atoms with Crippen molar-refractivity contribution in [1.29, 1.82) is 0 Å². The maximum atomic E-state index is 13.7. The largest absolute Gasteiger partial charge is 0.480 e. The van der Waals surface area contributed by atoms with Gasteiger partial charge in [-0.25, -0.2) is 9.59 Å². The second-order valence-electron chi connectivity index (χ2n) is 12.1. The fourth-order valence-electron chi connectivity index (χ4n) is 4.20. The minimum Gasteiger partial charge on any atom is -0.480 e. The second-order valence-corrected chi connectivity index (χ2v) is 13.1. The van der Waals surface area contributed by atoms with E-state index < -0.39 is 59.6 Å². The SMILES string of the molecule is CC[C@H](C)[C@H](NC(=O)[C@H](CCSC)NC(=O)OC(C)(C)C)C(=O)N[C@@H](Cc1ccccc1)C(=O)N[C@@H](CC(C)C)C(=O)O. The third-order valence-corrected chi connectivity index (χ3v) is 7.29. The first kappa shape index (κ1) is 37.7. The third kappa shape index (κ3) is 14.6. The predicted molar refractivity (Wildman–Crippen MR) is 169 cm³/mol. The number of thioether (sulfide) groups is 1. The number of hydrogen-bond donors (Lipinski definition) is 5. The first-order valence-electron chi connectivity index (χ1n) is 14.7. The van der Waals surface area contributed by atoms with Crippen molar-refractivity contribution in [3.63, 3.8) is 0 Å². The highest BCUT2D eigenvalue weighted by molar-refractivity contribution is 7.98. The molecule has 0 aliphatic carbocycles. The van der Waals surface area contributed by atoms with E-state index >= 15 is 0 Å². The molecular weight excluding hydrogens is 572 g/mol. The van der Waals surface area contributed by atoms with E-state index in [9.17, 15) is 29.1 Å². The zero-order chi connectivity index (χ0) is 32.7. The molecule has 1 rings (SSSR count). The van der Waals surface area contributed by atoms with Crippen LogP contribution in [-0.2, 0) is 30.3 Å². The summed E-state index contributed by atoms with van der Waals surface area (Å²) in [5.41, 5.74) is 0.00825. The van der Waals surface area contributed by atoms with Crippen molar-refractivity contribution >= 4 is 41.5 Å². The lowest BCUT2D eigenvalue weighted by Crippen LogP contribution is -2.59. The van der Waals surface area contributed by atoms with Crippen LogP contribution in [0.5, 0.6) is 0 Å². The molecule has 11 nitrogen and oxygen atoms in total. The monoisotopic (exact) mass is 622 g/mol. The average Bonchev–Trinajstić information content (AvgIpc) is 2.91. The highest BCUT2D eigenvalue weighted by Gasteiger charge is 2.34. The van der Waals surface area contributed by atoms with Crippen LogP contribution in [0.4, 0.5) is 4.79 Å². The first-order valence-corrected chi connectivity index (χ1v) is 16.1. The van der Waals surface area contributed by atoms with Crippen LogP contribution in [0.15, 0.2) is 30.3 Å². The van der Waals surface area contributed by atoms with Gasteiger partial charge in [0.2, 0.25) is 17.7 Å². The van der Waals surface area contributed by atoms with Crippen LogP contribution < -0.4 is 21.3 Å². The summed E-state index contributed by atoms with van der Waals surface area (Å²) in [5.74, 6) is -2.66. The van der Waals surface area contributed by atoms with E-state index in [-0.39, 0.29) is 24.7 Å². The van der Waals surface area contributed by atoms with Crippen LogP contribution >= 0.6 is 11.8 Å². The minimum absolute atomic E-state index is 0.0157. The van der Waals surface area contributed by atoms with E-state index in [0.717, 1.165) is 5.56 Å². The van der Waals surface area contributed by atoms with Gasteiger partial charge < -0.3 is 31.1 Å². The number of aliphatic carboxylic acids is 1. The Labute approximate surface area is 260 Å². The molecule has 0 aromatic heterocycles. The summed E-state index contributed by atoms with van der Waals surface area (Å²) in [5, 5.41) is 20.4. The number of benzene rings is 1. The molecule has 1 aromatic rings. The van der Waals surface area contributed by atoms with E-state index in [1.807, 2.05) is 45.2 Å². The number of carbonyl (C=O) groups excluding carboxylic acids is 4. The van der Waals surface area contributed by atoms with Crippen molar-refractivity contribution in [1.82, 2.24) is 21.3 Å². The number of rotatable bonds is 17. The maximum absolute atomic E-state index is 13.7. The highest BCUT2D eigenvalue weighted by Crippen LogP contribution is 2.13. The molecule has 4 amide bonds. The molecule has 0 saturated heterocycles. The number of carbonyl (C=O) groups is 5. The molecule has 0 fully saturated rings. The van der Waals surface area contributed by atoms with Crippen molar-refractivity contribution < 1.29 is 33.8 Å². The summed E-state index contributed by atoms with van der Waals surface area (Å²) in [7, 11) is 0. The summed E-state index contributed by atoms with van der Waals surface area (Å²) >= 11 is 1.51. The lowest BCUT2D eigenvalue weighted by Gasteiger charge is -2.29. The van der Waals surface area contributed by atoms with Crippen LogP contribution in [0, 0.1) is 11.8 Å². The van der Waals surface area contributed by atoms with Crippen LogP contribution in [0.1, 0.15) is 73.3 Å². The fraction of sp³-hybridized carbons (Fsp3) is 0.645. The lowest BCUT2D eigenvalue weighted by atomic mass is 9.96. The van der Waals surface area contributed by atoms with Crippen molar-refractivity contribution in [2.24, 2.45) is 11.8 Å². The first-order chi connectivity index (χ1) is 20.1. The summed E-state index contributed by atoms with van der Waals surface area (Å²) in [6, 6.07) is 4.86. The minimum atomic E-state index is -1.16. The maximum Gasteiger partial charge on any atom is 0.408 e. The number of carboxylic acid groups (broad SMARTS) is 1. The topological polar surface area (TPSA) is 163 Å².